The molecule has 1 atom stereocenters. The van der Waals surface area contributed by atoms with E-state index in [1.807, 2.05) is 9.80 Å². The zero-order chi connectivity index (χ0) is 31.9. The predicted octanol–water partition coefficient (Wildman–Crippen LogP) is 4.66. The fourth-order valence-electron chi connectivity index (χ4n) is 6.73. The highest BCUT2D eigenvalue weighted by molar-refractivity contribution is 5.87. The number of nitrogens with zero attached hydrogens (tertiary/aromatic N) is 7. The Kier molecular flexibility index (Phi) is 8.51. The van der Waals surface area contributed by atoms with Crippen LogP contribution >= 0.6 is 0 Å². The summed E-state index contributed by atoms with van der Waals surface area (Å²) in [6.45, 7) is 8.02. The fraction of sp³-hybridized carbons (Fsp3) is 0.581. The molecule has 3 aromatic rings. The van der Waals surface area contributed by atoms with Crippen LogP contribution in [0, 0.1) is 0 Å². The Bertz CT molecular complexity index is 1550. The van der Waals surface area contributed by atoms with Gasteiger partial charge in [0, 0.05) is 37.3 Å². The first-order valence-electron chi connectivity index (χ1n) is 15.5. The van der Waals surface area contributed by atoms with Gasteiger partial charge in [0.2, 0.25) is 17.7 Å². The van der Waals surface area contributed by atoms with Crippen LogP contribution in [0.25, 0.3) is 16.9 Å². The summed E-state index contributed by atoms with van der Waals surface area (Å²) in [4.78, 5) is 44.0. The van der Waals surface area contributed by atoms with Crippen molar-refractivity contribution in [3.05, 3.63) is 36.2 Å². The Morgan fingerprint density at radius 3 is 2.42 bits per heavy atom. The molecule has 3 fully saturated rings. The van der Waals surface area contributed by atoms with Crippen molar-refractivity contribution in [2.45, 2.75) is 83.0 Å². The summed E-state index contributed by atoms with van der Waals surface area (Å²) in [7, 11) is 0. The van der Waals surface area contributed by atoms with Gasteiger partial charge in [-0.1, -0.05) is 12.1 Å². The first-order valence-corrected chi connectivity index (χ1v) is 15.5. The highest BCUT2D eigenvalue weighted by Gasteiger charge is 2.45. The van der Waals surface area contributed by atoms with Crippen LogP contribution in [0.5, 0.6) is 5.88 Å². The highest BCUT2D eigenvalue weighted by Crippen LogP contribution is 2.34. The van der Waals surface area contributed by atoms with Crippen molar-refractivity contribution in [1.82, 2.24) is 29.3 Å². The fourth-order valence-corrected chi connectivity index (χ4v) is 6.73. The molecule has 0 radical (unpaired) electrons. The van der Waals surface area contributed by atoms with Crippen molar-refractivity contribution >= 4 is 29.0 Å². The number of ether oxygens (including phenoxy) is 2. The number of rotatable bonds is 7. The van der Waals surface area contributed by atoms with Crippen LogP contribution in [0.4, 0.5) is 19.5 Å². The number of anilines is 1. The number of aromatic nitrogens is 4. The van der Waals surface area contributed by atoms with Gasteiger partial charge in [-0.3, -0.25) is 14.3 Å². The van der Waals surface area contributed by atoms with E-state index in [1.165, 1.54) is 9.47 Å². The topological polar surface area (TPSA) is 126 Å². The second kappa shape index (κ2) is 12.4. The lowest BCUT2D eigenvalue weighted by molar-refractivity contribution is -0.135. The van der Waals surface area contributed by atoms with E-state index in [0.717, 1.165) is 0 Å². The molecule has 14 heteroatoms. The molecule has 2 aromatic heterocycles. The largest absolute Gasteiger partial charge is 0.474 e. The summed E-state index contributed by atoms with van der Waals surface area (Å²) >= 11 is 0. The Morgan fingerprint density at radius 1 is 1.04 bits per heavy atom. The highest BCUT2D eigenvalue weighted by atomic mass is 19.3. The number of morpholine rings is 1. The monoisotopic (exact) mass is 627 g/mol. The van der Waals surface area contributed by atoms with Gasteiger partial charge in [-0.15, -0.1) is 0 Å². The molecule has 1 N–H and O–H groups in total. The van der Waals surface area contributed by atoms with Crippen molar-refractivity contribution in [2.75, 3.05) is 37.7 Å². The second-order valence-corrected chi connectivity index (χ2v) is 12.8. The van der Waals surface area contributed by atoms with E-state index < -0.39 is 29.9 Å². The molecule has 2 amide bonds. The number of carboxylic acid groups (broad SMARTS) is 1. The molecule has 6 rings (SSSR count). The normalized spacial score (nSPS) is 22.8. The molecule has 0 unspecified atom stereocenters. The molecular weight excluding hydrogens is 588 g/mol. The van der Waals surface area contributed by atoms with Gasteiger partial charge in [-0.05, 0) is 65.0 Å². The summed E-state index contributed by atoms with van der Waals surface area (Å²) in [5, 5.41) is 9.81. The Morgan fingerprint density at radius 2 is 1.76 bits per heavy atom. The first-order chi connectivity index (χ1) is 21.5. The van der Waals surface area contributed by atoms with Gasteiger partial charge in [0.1, 0.15) is 18.0 Å². The minimum absolute atomic E-state index is 0.00579. The maximum Gasteiger partial charge on any atom is 0.408 e. The zero-order valence-electron chi connectivity index (χ0n) is 25.7. The van der Waals surface area contributed by atoms with Crippen LogP contribution in [-0.4, -0.2) is 103 Å². The number of alkyl halides is 2. The molecule has 4 heterocycles. The van der Waals surface area contributed by atoms with Gasteiger partial charge < -0.3 is 24.4 Å². The maximum absolute atomic E-state index is 14.2. The molecule has 45 heavy (non-hydrogen) atoms. The molecular formula is C31H39F2N7O5. The molecule has 1 aromatic carbocycles. The van der Waals surface area contributed by atoms with Crippen LogP contribution in [0.2, 0.25) is 0 Å². The lowest BCUT2D eigenvalue weighted by Crippen LogP contribution is -2.54. The van der Waals surface area contributed by atoms with Crippen LogP contribution < -0.4 is 9.64 Å². The number of benzene rings is 1. The van der Waals surface area contributed by atoms with Gasteiger partial charge >= 0.3 is 6.09 Å². The number of carbonyl (C=O) groups is 2. The van der Waals surface area contributed by atoms with Crippen LogP contribution in [0.15, 0.2) is 30.3 Å². The third-order valence-electron chi connectivity index (χ3n) is 8.81. The van der Waals surface area contributed by atoms with Gasteiger partial charge in [-0.2, -0.15) is 9.97 Å². The quantitative estimate of drug-likeness (QED) is 0.398. The Hall–Kier alpha value is -4.07. The molecule has 12 nitrogen and oxygen atoms in total. The SMILES string of the molecule is CC(C)(C)N(C(=O)O)[C@H]1CCN([C@H]2CC[C@H](Oc3cc(-n4c(C(F)F)nc5ccccc54)nc(N4CCOCC4)n3)CC2)C1=O. The average molecular weight is 628 g/mol. The van der Waals surface area contributed by atoms with Crippen molar-refractivity contribution in [3.8, 4) is 11.7 Å². The maximum atomic E-state index is 14.2. The number of amides is 2. The molecule has 2 aliphatic heterocycles. The number of hydrogen-bond acceptors (Lipinski definition) is 8. The van der Waals surface area contributed by atoms with Crippen molar-refractivity contribution in [2.24, 2.45) is 0 Å². The number of likely N-dealkylation sites (tertiary alicyclic amines) is 1. The number of para-hydroxylation sites is 2. The minimum Gasteiger partial charge on any atom is -0.474 e. The van der Waals surface area contributed by atoms with Crippen LogP contribution in [0.1, 0.15) is 65.1 Å². The third kappa shape index (κ3) is 6.24. The lowest BCUT2D eigenvalue weighted by atomic mass is 9.92. The van der Waals surface area contributed by atoms with E-state index in [1.54, 1.807) is 51.1 Å². The Labute approximate surface area is 259 Å². The van der Waals surface area contributed by atoms with E-state index in [4.69, 9.17) is 9.47 Å². The molecule has 0 spiro atoms. The lowest BCUT2D eigenvalue weighted by Gasteiger charge is -2.38. The second-order valence-electron chi connectivity index (χ2n) is 12.8. The predicted molar refractivity (Wildman–Crippen MR) is 161 cm³/mol. The van der Waals surface area contributed by atoms with Gasteiger partial charge in [0.05, 0.1) is 24.2 Å². The first kappa shape index (κ1) is 30.9. The molecule has 1 aliphatic carbocycles. The standard InChI is InChI=1S/C31H39F2N7O5/c1-31(2,3)40(30(42)43)23-12-13-38(28(23)41)19-8-10-20(11-9-19)45-25-18-24(35-29(36-25)37-14-16-44-17-15-37)39-22-7-5-4-6-21(22)34-27(39)26(32)33/h4-7,18-20,23,26H,8-17H2,1-3H3,(H,42,43)/t19-,20-,23-/m0/s1. The zero-order valence-corrected chi connectivity index (χ0v) is 25.7. The van der Waals surface area contributed by atoms with Gasteiger partial charge in [-0.25, -0.2) is 18.6 Å². The Balaban J connectivity index is 1.21. The number of hydrogen-bond donors (Lipinski definition) is 1. The minimum atomic E-state index is -2.82. The number of fused-ring (bicyclic) bond motifs is 1. The number of carbonyl (C=O) groups excluding carboxylic acids is 1. The number of halogens is 2. The third-order valence-corrected chi connectivity index (χ3v) is 8.81. The average Bonchev–Trinajstić information content (AvgIpc) is 3.58. The van der Waals surface area contributed by atoms with E-state index in [-0.39, 0.29) is 29.8 Å². The molecule has 0 bridgehead atoms. The van der Waals surface area contributed by atoms with E-state index >= 15 is 0 Å². The van der Waals surface area contributed by atoms with Gasteiger partial charge in [0.25, 0.3) is 6.43 Å². The van der Waals surface area contributed by atoms with Crippen molar-refractivity contribution in [3.63, 3.8) is 0 Å². The molecule has 1 saturated carbocycles. The van der Waals surface area contributed by atoms with Crippen molar-refractivity contribution < 1.29 is 33.0 Å². The van der Waals surface area contributed by atoms with Crippen LogP contribution in [0.3, 0.4) is 0 Å². The summed E-state index contributed by atoms with van der Waals surface area (Å²) in [6, 6.07) is 7.83. The van der Waals surface area contributed by atoms with Crippen LogP contribution in [-0.2, 0) is 9.53 Å². The smallest absolute Gasteiger partial charge is 0.408 e. The van der Waals surface area contributed by atoms with E-state index in [9.17, 15) is 23.5 Å². The summed E-state index contributed by atoms with van der Waals surface area (Å²) < 4.78 is 41.6. The number of imidazole rings is 1. The molecule has 242 valence electrons. The molecule has 2 saturated heterocycles. The van der Waals surface area contributed by atoms with E-state index in [0.29, 0.717) is 81.9 Å². The molecule has 3 aliphatic rings. The van der Waals surface area contributed by atoms with Gasteiger partial charge in [0.15, 0.2) is 5.82 Å². The van der Waals surface area contributed by atoms with E-state index in [2.05, 4.69) is 15.0 Å². The summed E-state index contributed by atoms with van der Waals surface area (Å²) in [5.74, 6) is 0.343. The summed E-state index contributed by atoms with van der Waals surface area (Å²) in [5.41, 5.74) is 0.253. The summed E-state index contributed by atoms with van der Waals surface area (Å²) in [6.07, 6.45) is -0.941. The van der Waals surface area contributed by atoms with Crippen molar-refractivity contribution in [1.29, 1.82) is 0 Å².